The molecule has 0 aliphatic carbocycles. The first-order chi connectivity index (χ1) is 12.1. The van der Waals surface area contributed by atoms with Crippen LogP contribution >= 0.6 is 0 Å². The number of carbonyl (C=O) groups excluding carboxylic acids is 1. The molecule has 2 aliphatic heterocycles. The van der Waals surface area contributed by atoms with Crippen LogP contribution in [0.2, 0.25) is 0 Å². The van der Waals surface area contributed by atoms with Crippen LogP contribution in [0.5, 0.6) is 0 Å². The summed E-state index contributed by atoms with van der Waals surface area (Å²) < 4.78 is 0. The first-order valence-corrected chi connectivity index (χ1v) is 9.55. The fourth-order valence-electron chi connectivity index (χ4n) is 3.66. The van der Waals surface area contributed by atoms with Crippen LogP contribution in [0.3, 0.4) is 0 Å². The van der Waals surface area contributed by atoms with Gasteiger partial charge in [-0.2, -0.15) is 0 Å². The number of nitrogens with zero attached hydrogens (tertiary/aromatic N) is 4. The molecule has 6 nitrogen and oxygen atoms in total. The zero-order chi connectivity index (χ0) is 17.6. The molecule has 2 fully saturated rings. The van der Waals surface area contributed by atoms with Crippen molar-refractivity contribution in [2.45, 2.75) is 32.2 Å². The summed E-state index contributed by atoms with van der Waals surface area (Å²) in [5.41, 5.74) is 0.709. The summed E-state index contributed by atoms with van der Waals surface area (Å²) in [6, 6.07) is 4.24. The minimum atomic E-state index is 0.00226. The molecule has 6 heteroatoms. The number of amides is 1. The van der Waals surface area contributed by atoms with Crippen LogP contribution in [0.25, 0.3) is 0 Å². The first kappa shape index (κ1) is 18.1. The third kappa shape index (κ3) is 4.92. The van der Waals surface area contributed by atoms with E-state index in [0.717, 1.165) is 45.1 Å². The summed E-state index contributed by atoms with van der Waals surface area (Å²) >= 11 is 0. The zero-order valence-corrected chi connectivity index (χ0v) is 15.6. The Hall–Kier alpha value is -1.66. The molecule has 1 atom stereocenters. The number of hydrogen-bond acceptors (Lipinski definition) is 5. The minimum Gasteiger partial charge on any atom is -0.354 e. The van der Waals surface area contributed by atoms with Gasteiger partial charge in [0.1, 0.15) is 5.82 Å². The summed E-state index contributed by atoms with van der Waals surface area (Å²) in [5, 5.41) is 3.06. The Balaban J connectivity index is 1.51. The van der Waals surface area contributed by atoms with Crippen molar-refractivity contribution in [3.05, 3.63) is 23.9 Å². The van der Waals surface area contributed by atoms with Crippen LogP contribution in [-0.2, 0) is 0 Å². The molecule has 0 saturated carbocycles. The van der Waals surface area contributed by atoms with E-state index in [9.17, 15) is 4.79 Å². The number of rotatable bonds is 5. The average molecular weight is 345 g/mol. The second-order valence-corrected chi connectivity index (χ2v) is 7.34. The standard InChI is InChI=1S/C19H31N5O/c1-16-5-3-4-9-24(16)18-15-17(6-7-20-18)19(25)21-8-10-23-13-11-22(2)12-14-23/h6-7,15-16H,3-5,8-14H2,1-2H3,(H,21,25)/t16-/m1/s1. The number of anilines is 1. The molecule has 0 bridgehead atoms. The maximum atomic E-state index is 12.5. The molecule has 1 N–H and O–H groups in total. The van der Waals surface area contributed by atoms with E-state index in [1.807, 2.05) is 12.1 Å². The van der Waals surface area contributed by atoms with Crippen molar-refractivity contribution in [1.82, 2.24) is 20.1 Å². The van der Waals surface area contributed by atoms with Crippen molar-refractivity contribution in [2.24, 2.45) is 0 Å². The Kier molecular flexibility index (Phi) is 6.26. The highest BCUT2D eigenvalue weighted by Crippen LogP contribution is 2.23. The third-order valence-electron chi connectivity index (χ3n) is 5.41. The molecule has 0 aromatic carbocycles. The van der Waals surface area contributed by atoms with Crippen LogP contribution in [0.4, 0.5) is 5.82 Å². The summed E-state index contributed by atoms with van der Waals surface area (Å²) in [5.74, 6) is 0.932. The Morgan fingerprint density at radius 1 is 1.24 bits per heavy atom. The highest BCUT2D eigenvalue weighted by Gasteiger charge is 2.20. The van der Waals surface area contributed by atoms with Gasteiger partial charge in [-0.3, -0.25) is 9.69 Å². The third-order valence-corrected chi connectivity index (χ3v) is 5.41. The van der Waals surface area contributed by atoms with Crippen LogP contribution in [-0.4, -0.2) is 79.6 Å². The molecule has 2 saturated heterocycles. The van der Waals surface area contributed by atoms with E-state index in [1.165, 1.54) is 19.3 Å². The monoisotopic (exact) mass is 345 g/mol. The maximum Gasteiger partial charge on any atom is 0.251 e. The molecule has 1 aromatic rings. The van der Waals surface area contributed by atoms with Gasteiger partial charge < -0.3 is 15.1 Å². The Morgan fingerprint density at radius 3 is 2.80 bits per heavy atom. The van der Waals surface area contributed by atoms with Gasteiger partial charge in [-0.05, 0) is 45.4 Å². The number of pyridine rings is 1. The molecule has 2 aliphatic rings. The van der Waals surface area contributed by atoms with Gasteiger partial charge in [0.25, 0.3) is 5.91 Å². The zero-order valence-electron chi connectivity index (χ0n) is 15.6. The molecule has 3 rings (SSSR count). The lowest BCUT2D eigenvalue weighted by Gasteiger charge is -2.34. The molecule has 0 radical (unpaired) electrons. The van der Waals surface area contributed by atoms with Gasteiger partial charge in [0, 0.05) is 63.6 Å². The highest BCUT2D eigenvalue weighted by molar-refractivity contribution is 5.94. The van der Waals surface area contributed by atoms with Crippen molar-refractivity contribution in [2.75, 3.05) is 57.8 Å². The lowest BCUT2D eigenvalue weighted by atomic mass is 10.0. The van der Waals surface area contributed by atoms with E-state index >= 15 is 0 Å². The minimum absolute atomic E-state index is 0.00226. The number of piperidine rings is 1. The van der Waals surface area contributed by atoms with Crippen molar-refractivity contribution in [3.63, 3.8) is 0 Å². The molecule has 0 spiro atoms. The molecule has 1 aromatic heterocycles. The summed E-state index contributed by atoms with van der Waals surface area (Å²) in [6.45, 7) is 9.26. The number of hydrogen-bond donors (Lipinski definition) is 1. The largest absolute Gasteiger partial charge is 0.354 e. The van der Waals surface area contributed by atoms with E-state index in [1.54, 1.807) is 6.20 Å². The molecule has 25 heavy (non-hydrogen) atoms. The number of nitrogens with one attached hydrogen (secondary N) is 1. The lowest BCUT2D eigenvalue weighted by Crippen LogP contribution is -2.46. The first-order valence-electron chi connectivity index (χ1n) is 9.55. The van der Waals surface area contributed by atoms with Crippen LogP contribution < -0.4 is 10.2 Å². The molecule has 1 amide bonds. The molecular weight excluding hydrogens is 314 g/mol. The number of carbonyl (C=O) groups is 1. The maximum absolute atomic E-state index is 12.5. The molecular formula is C19H31N5O. The van der Waals surface area contributed by atoms with Gasteiger partial charge in [-0.1, -0.05) is 0 Å². The van der Waals surface area contributed by atoms with Gasteiger partial charge in [0.05, 0.1) is 0 Å². The summed E-state index contributed by atoms with van der Waals surface area (Å²) in [6.07, 6.45) is 5.44. The van der Waals surface area contributed by atoms with Crippen LogP contribution in [0.1, 0.15) is 36.5 Å². The normalized spacial score (nSPS) is 22.8. The van der Waals surface area contributed by atoms with E-state index < -0.39 is 0 Å². The molecule has 3 heterocycles. The predicted octanol–water partition coefficient (Wildman–Crippen LogP) is 1.44. The van der Waals surface area contributed by atoms with Crippen molar-refractivity contribution < 1.29 is 4.79 Å². The van der Waals surface area contributed by atoms with Crippen molar-refractivity contribution >= 4 is 11.7 Å². The smallest absolute Gasteiger partial charge is 0.251 e. The Morgan fingerprint density at radius 2 is 2.04 bits per heavy atom. The Bertz CT molecular complexity index is 571. The van der Waals surface area contributed by atoms with Gasteiger partial charge in [-0.25, -0.2) is 4.98 Å². The second-order valence-electron chi connectivity index (χ2n) is 7.34. The van der Waals surface area contributed by atoms with Gasteiger partial charge >= 0.3 is 0 Å². The quantitative estimate of drug-likeness (QED) is 0.875. The van der Waals surface area contributed by atoms with E-state index in [2.05, 4.69) is 39.0 Å². The fourth-order valence-corrected chi connectivity index (χ4v) is 3.66. The second kappa shape index (κ2) is 8.63. The predicted molar refractivity (Wildman–Crippen MR) is 101 cm³/mol. The van der Waals surface area contributed by atoms with Gasteiger partial charge in [0.2, 0.25) is 0 Å². The van der Waals surface area contributed by atoms with E-state index in [4.69, 9.17) is 0 Å². The molecule has 0 unspecified atom stereocenters. The number of likely N-dealkylation sites (N-methyl/N-ethyl adjacent to an activating group) is 1. The highest BCUT2D eigenvalue weighted by atomic mass is 16.1. The number of aromatic nitrogens is 1. The van der Waals surface area contributed by atoms with Crippen LogP contribution in [0, 0.1) is 0 Å². The Labute approximate surface area is 151 Å². The summed E-state index contributed by atoms with van der Waals surface area (Å²) in [7, 11) is 2.16. The van der Waals surface area contributed by atoms with E-state index in [0.29, 0.717) is 18.2 Å². The average Bonchev–Trinajstić information content (AvgIpc) is 2.64. The van der Waals surface area contributed by atoms with Gasteiger partial charge in [-0.15, -0.1) is 0 Å². The SMILES string of the molecule is C[C@@H]1CCCCN1c1cc(C(=O)NCCN2CCN(C)CC2)ccn1. The van der Waals surface area contributed by atoms with Crippen molar-refractivity contribution in [1.29, 1.82) is 0 Å². The molecule has 138 valence electrons. The lowest BCUT2D eigenvalue weighted by molar-refractivity contribution is 0.0941. The summed E-state index contributed by atoms with van der Waals surface area (Å²) in [4.78, 5) is 24.0. The fraction of sp³-hybridized carbons (Fsp3) is 0.684. The van der Waals surface area contributed by atoms with Gasteiger partial charge in [0.15, 0.2) is 0 Å². The number of piperazine rings is 1. The van der Waals surface area contributed by atoms with Crippen molar-refractivity contribution in [3.8, 4) is 0 Å². The topological polar surface area (TPSA) is 51.7 Å². The van der Waals surface area contributed by atoms with E-state index in [-0.39, 0.29) is 5.91 Å². The van der Waals surface area contributed by atoms with Crippen LogP contribution in [0.15, 0.2) is 18.3 Å².